The molecule has 0 aromatic heterocycles. The lowest BCUT2D eigenvalue weighted by atomic mass is 10.0. The maximum absolute atomic E-state index is 14.2. The molecule has 0 spiro atoms. The Hall–Kier alpha value is -1.69. The molecule has 9 heteroatoms. The number of nitrogens with zero attached hydrogens (tertiary/aromatic N) is 2. The van der Waals surface area contributed by atoms with Crippen LogP contribution < -0.4 is 10.2 Å². The molecule has 2 rings (SSSR count). The van der Waals surface area contributed by atoms with Gasteiger partial charge in [-0.15, -0.1) is 0 Å². The van der Waals surface area contributed by atoms with E-state index in [1.54, 1.807) is 4.90 Å². The molecule has 0 bridgehead atoms. The summed E-state index contributed by atoms with van der Waals surface area (Å²) >= 11 is 0. The smallest absolute Gasteiger partial charge is 0.254 e. The van der Waals surface area contributed by atoms with Crippen LogP contribution in [0, 0.1) is 0 Å². The van der Waals surface area contributed by atoms with E-state index >= 15 is 0 Å². The highest BCUT2D eigenvalue weighted by Crippen LogP contribution is 2.43. The summed E-state index contributed by atoms with van der Waals surface area (Å²) in [6, 6.07) is 6.75. The third kappa shape index (κ3) is 7.95. The Bertz CT molecular complexity index is 1040. The van der Waals surface area contributed by atoms with E-state index in [0.717, 1.165) is 5.69 Å². The topological polar surface area (TPSA) is 71.1 Å². The zero-order chi connectivity index (χ0) is 30.4. The molecule has 0 aliphatic carbocycles. The van der Waals surface area contributed by atoms with Crippen molar-refractivity contribution in [1.82, 2.24) is 10.2 Å². The number of amides is 2. The van der Waals surface area contributed by atoms with Crippen LogP contribution >= 0.6 is 0 Å². The SMILES string of the molecule is CN(C)c1cccc(C(=O)N2C[C@H](O[Si](C)(C)C(C)(C)C)[C@@H](O[Si](C)(C)C(C)(C)C)C2C(=O)NC(C)(C)C)c1. The van der Waals surface area contributed by atoms with Gasteiger partial charge >= 0.3 is 0 Å². The van der Waals surface area contributed by atoms with E-state index < -0.39 is 40.4 Å². The molecule has 1 saturated heterocycles. The maximum atomic E-state index is 14.2. The molecule has 39 heavy (non-hydrogen) atoms. The fraction of sp³-hybridized carbons (Fsp3) is 0.733. The number of hydrogen-bond acceptors (Lipinski definition) is 5. The van der Waals surface area contributed by atoms with E-state index in [1.165, 1.54) is 0 Å². The number of benzene rings is 1. The summed E-state index contributed by atoms with van der Waals surface area (Å²) in [6.07, 6.45) is -0.972. The Morgan fingerprint density at radius 2 is 1.41 bits per heavy atom. The van der Waals surface area contributed by atoms with Gasteiger partial charge < -0.3 is 24.0 Å². The Morgan fingerprint density at radius 1 is 0.897 bits per heavy atom. The van der Waals surface area contributed by atoms with Gasteiger partial charge in [0.05, 0.1) is 6.10 Å². The molecule has 1 aromatic carbocycles. The molecule has 1 N–H and O–H groups in total. The largest absolute Gasteiger partial charge is 0.409 e. The van der Waals surface area contributed by atoms with Crippen molar-refractivity contribution >= 4 is 34.1 Å². The first-order valence-corrected chi connectivity index (χ1v) is 20.0. The van der Waals surface area contributed by atoms with Gasteiger partial charge in [0.25, 0.3) is 5.91 Å². The minimum Gasteiger partial charge on any atom is -0.409 e. The van der Waals surface area contributed by atoms with Crippen LogP contribution in [0.4, 0.5) is 5.69 Å². The summed E-state index contributed by atoms with van der Waals surface area (Å²) < 4.78 is 14.0. The molecule has 0 radical (unpaired) electrons. The summed E-state index contributed by atoms with van der Waals surface area (Å²) in [5.41, 5.74) is 1.02. The fourth-order valence-corrected chi connectivity index (χ4v) is 6.77. The van der Waals surface area contributed by atoms with Crippen LogP contribution in [0.15, 0.2) is 24.3 Å². The highest BCUT2D eigenvalue weighted by Gasteiger charge is 2.55. The van der Waals surface area contributed by atoms with E-state index in [0.29, 0.717) is 12.1 Å². The van der Waals surface area contributed by atoms with Crippen LogP contribution in [0.3, 0.4) is 0 Å². The predicted octanol–water partition coefficient (Wildman–Crippen LogP) is 6.27. The number of hydrogen-bond donors (Lipinski definition) is 1. The van der Waals surface area contributed by atoms with E-state index in [-0.39, 0.29) is 21.9 Å². The second-order valence-electron chi connectivity index (χ2n) is 15.3. The third-order valence-corrected chi connectivity index (χ3v) is 17.5. The van der Waals surface area contributed by atoms with E-state index in [9.17, 15) is 9.59 Å². The van der Waals surface area contributed by atoms with Crippen molar-refractivity contribution in [2.75, 3.05) is 25.5 Å². The van der Waals surface area contributed by atoms with Crippen molar-refractivity contribution in [2.24, 2.45) is 0 Å². The van der Waals surface area contributed by atoms with Gasteiger partial charge in [0.2, 0.25) is 5.91 Å². The van der Waals surface area contributed by atoms with Gasteiger partial charge in [-0.25, -0.2) is 0 Å². The minimum atomic E-state index is -2.34. The van der Waals surface area contributed by atoms with Crippen LogP contribution in [-0.2, 0) is 13.6 Å². The molecule has 1 fully saturated rings. The van der Waals surface area contributed by atoms with E-state index in [2.05, 4.69) is 73.0 Å². The summed E-state index contributed by atoms with van der Waals surface area (Å²) in [5, 5.41) is 3.04. The van der Waals surface area contributed by atoms with Crippen LogP contribution in [0.2, 0.25) is 36.3 Å². The zero-order valence-corrected chi connectivity index (χ0v) is 29.3. The van der Waals surface area contributed by atoms with Gasteiger partial charge in [0.15, 0.2) is 16.6 Å². The average molecular weight is 578 g/mol. The van der Waals surface area contributed by atoms with E-state index in [1.807, 2.05) is 64.0 Å². The Labute approximate surface area is 240 Å². The molecular formula is C30H55N3O4Si2. The average Bonchev–Trinajstić information content (AvgIpc) is 3.07. The Kier molecular flexibility index (Phi) is 9.71. The molecule has 1 aliphatic rings. The van der Waals surface area contributed by atoms with Crippen LogP contribution in [0.5, 0.6) is 0 Å². The van der Waals surface area contributed by atoms with Gasteiger partial charge in [0.1, 0.15) is 12.1 Å². The monoisotopic (exact) mass is 577 g/mol. The normalized spacial score (nSPS) is 21.2. The first-order valence-electron chi connectivity index (χ1n) is 14.1. The predicted molar refractivity (Wildman–Crippen MR) is 168 cm³/mol. The highest BCUT2D eigenvalue weighted by molar-refractivity contribution is 6.74. The zero-order valence-electron chi connectivity index (χ0n) is 27.3. The minimum absolute atomic E-state index is 0.0326. The molecule has 1 aliphatic heterocycles. The molecule has 1 unspecified atom stereocenters. The molecule has 3 atom stereocenters. The number of carbonyl (C=O) groups excluding carboxylic acids is 2. The van der Waals surface area contributed by atoms with Crippen LogP contribution in [0.25, 0.3) is 0 Å². The number of nitrogens with one attached hydrogen (secondary N) is 1. The molecule has 7 nitrogen and oxygen atoms in total. The molecule has 0 saturated carbocycles. The van der Waals surface area contributed by atoms with Gasteiger partial charge in [-0.2, -0.15) is 0 Å². The second kappa shape index (κ2) is 11.3. The first-order chi connectivity index (χ1) is 17.4. The lowest BCUT2D eigenvalue weighted by Gasteiger charge is -2.43. The summed E-state index contributed by atoms with van der Waals surface area (Å²) in [5.74, 6) is -0.387. The maximum Gasteiger partial charge on any atom is 0.254 e. The van der Waals surface area contributed by atoms with Crippen LogP contribution in [0.1, 0.15) is 72.7 Å². The lowest BCUT2D eigenvalue weighted by molar-refractivity contribution is -0.129. The van der Waals surface area contributed by atoms with E-state index in [4.69, 9.17) is 8.85 Å². The Morgan fingerprint density at radius 3 is 1.87 bits per heavy atom. The summed E-state index contributed by atoms with van der Waals surface area (Å²) in [6.45, 7) is 28.2. The Balaban J connectivity index is 2.68. The van der Waals surface area contributed by atoms with Crippen molar-refractivity contribution in [1.29, 1.82) is 0 Å². The van der Waals surface area contributed by atoms with Gasteiger partial charge in [-0.3, -0.25) is 9.59 Å². The van der Waals surface area contributed by atoms with Crippen molar-refractivity contribution < 1.29 is 18.4 Å². The van der Waals surface area contributed by atoms with Crippen LogP contribution in [-0.4, -0.2) is 77.8 Å². The molecule has 1 aromatic rings. The lowest BCUT2D eigenvalue weighted by Crippen LogP contribution is -2.58. The summed E-state index contributed by atoms with van der Waals surface area (Å²) in [4.78, 5) is 31.8. The third-order valence-electron chi connectivity index (χ3n) is 8.52. The highest BCUT2D eigenvalue weighted by atomic mass is 28.4. The number of likely N-dealkylation sites (tertiary alicyclic amines) is 1. The standard InChI is InChI=1S/C30H55N3O4Si2/c1-28(2,3)31-26(34)24-25(37-39(14,15)30(7,8)9)23(36-38(12,13)29(4,5)6)20-33(24)27(35)21-17-16-18-22(19-21)32(10)11/h16-19,23-25H,20H2,1-15H3,(H,31,34)/t23-,24?,25+/m0/s1. The van der Waals surface area contributed by atoms with Gasteiger partial charge in [-0.1, -0.05) is 47.6 Å². The quantitative estimate of drug-likeness (QED) is 0.387. The van der Waals surface area contributed by atoms with Crippen molar-refractivity contribution in [3.05, 3.63) is 29.8 Å². The number of rotatable bonds is 7. The van der Waals surface area contributed by atoms with Gasteiger partial charge in [0, 0.05) is 37.4 Å². The van der Waals surface area contributed by atoms with Crippen molar-refractivity contribution in [3.63, 3.8) is 0 Å². The fourth-order valence-electron chi connectivity index (χ4n) is 4.14. The molecule has 2 amide bonds. The van der Waals surface area contributed by atoms with Crippen molar-refractivity contribution in [2.45, 2.75) is 122 Å². The number of anilines is 1. The van der Waals surface area contributed by atoms with Crippen molar-refractivity contribution in [3.8, 4) is 0 Å². The molecule has 1 heterocycles. The first kappa shape index (κ1) is 33.5. The summed E-state index contributed by atoms with van der Waals surface area (Å²) in [7, 11) is -0.689. The molecular weight excluding hydrogens is 523 g/mol. The van der Waals surface area contributed by atoms with Gasteiger partial charge in [-0.05, 0) is 75.2 Å². The molecule has 222 valence electrons. The second-order valence-corrected chi connectivity index (χ2v) is 24.9. The number of carbonyl (C=O) groups is 2.